The van der Waals surface area contributed by atoms with E-state index < -0.39 is 27.6 Å². The van der Waals surface area contributed by atoms with Crippen molar-refractivity contribution < 1.29 is 26.0 Å². The predicted molar refractivity (Wildman–Crippen MR) is 135 cm³/mol. The second kappa shape index (κ2) is 10.7. The summed E-state index contributed by atoms with van der Waals surface area (Å²) in [6, 6.07) is 7.92. The van der Waals surface area contributed by atoms with Gasteiger partial charge >= 0.3 is 6.18 Å². The van der Waals surface area contributed by atoms with Gasteiger partial charge in [0.15, 0.2) is 0 Å². The van der Waals surface area contributed by atoms with E-state index in [1.165, 1.54) is 23.2 Å². The Kier molecular flexibility index (Phi) is 7.50. The maximum absolute atomic E-state index is 15.2. The number of aromatic nitrogens is 2. The Morgan fingerprint density at radius 1 is 1.03 bits per heavy atom. The molecule has 5 rings (SSSR count). The van der Waals surface area contributed by atoms with Crippen LogP contribution in [0.4, 0.5) is 23.2 Å². The van der Waals surface area contributed by atoms with Crippen molar-refractivity contribution in [1.29, 1.82) is 0 Å². The summed E-state index contributed by atoms with van der Waals surface area (Å²) >= 11 is 0. The Morgan fingerprint density at radius 3 is 2.42 bits per heavy atom. The highest BCUT2D eigenvalue weighted by Crippen LogP contribution is 2.37. The predicted octanol–water partition coefficient (Wildman–Crippen LogP) is 6.12. The molecule has 1 aliphatic heterocycles. The molecule has 6 nitrogen and oxygen atoms in total. The number of imidazole rings is 1. The highest BCUT2D eigenvalue weighted by molar-refractivity contribution is 7.89. The normalized spacial score (nSPS) is 19.5. The number of nitrogens with one attached hydrogen (secondary N) is 1. The van der Waals surface area contributed by atoms with Gasteiger partial charge in [0, 0.05) is 36.6 Å². The topological polar surface area (TPSA) is 69.3 Å². The van der Waals surface area contributed by atoms with Crippen LogP contribution in [-0.2, 0) is 29.3 Å². The third kappa shape index (κ3) is 5.58. The van der Waals surface area contributed by atoms with Crippen LogP contribution in [0.15, 0.2) is 59.9 Å². The van der Waals surface area contributed by atoms with Crippen LogP contribution < -0.4 is 4.90 Å². The number of aromatic amines is 1. The molecule has 38 heavy (non-hydrogen) atoms. The van der Waals surface area contributed by atoms with Crippen LogP contribution in [-0.4, -0.2) is 35.3 Å². The molecule has 204 valence electrons. The number of anilines is 1. The molecule has 3 aromatic rings. The molecule has 1 atom stereocenters. The summed E-state index contributed by atoms with van der Waals surface area (Å²) in [7, 11) is -4.21. The minimum absolute atomic E-state index is 0.0817. The van der Waals surface area contributed by atoms with Crippen molar-refractivity contribution in [2.75, 3.05) is 11.4 Å². The largest absolute Gasteiger partial charge is 0.416 e. The van der Waals surface area contributed by atoms with Gasteiger partial charge in [-0.2, -0.15) is 17.5 Å². The van der Waals surface area contributed by atoms with E-state index in [2.05, 4.69) is 9.97 Å². The lowest BCUT2D eigenvalue weighted by Gasteiger charge is -2.34. The van der Waals surface area contributed by atoms with Gasteiger partial charge in [-0.25, -0.2) is 17.8 Å². The Labute approximate surface area is 219 Å². The van der Waals surface area contributed by atoms with Crippen molar-refractivity contribution in [2.24, 2.45) is 5.92 Å². The van der Waals surface area contributed by atoms with Crippen molar-refractivity contribution in [3.05, 3.63) is 77.6 Å². The van der Waals surface area contributed by atoms with E-state index in [1.54, 1.807) is 24.7 Å². The fourth-order valence-electron chi connectivity index (χ4n) is 5.64. The molecule has 2 aliphatic rings. The van der Waals surface area contributed by atoms with Gasteiger partial charge in [0.1, 0.15) is 5.82 Å². The molecule has 1 saturated carbocycles. The molecule has 1 N–H and O–H groups in total. The summed E-state index contributed by atoms with van der Waals surface area (Å²) in [6.45, 7) is 0.253. The van der Waals surface area contributed by atoms with Gasteiger partial charge in [-0.3, -0.25) is 0 Å². The molecular formula is C27H30F4N4O2S. The fourth-order valence-corrected chi connectivity index (χ4v) is 7.08. The zero-order chi connectivity index (χ0) is 26.9. The molecule has 2 aromatic carbocycles. The second-order valence-electron chi connectivity index (χ2n) is 10.1. The number of sulfonamides is 1. The Morgan fingerprint density at radius 2 is 1.76 bits per heavy atom. The lowest BCUT2D eigenvalue weighted by Crippen LogP contribution is -2.43. The van der Waals surface area contributed by atoms with Crippen molar-refractivity contribution >= 4 is 15.7 Å². The van der Waals surface area contributed by atoms with E-state index in [0.29, 0.717) is 24.6 Å². The summed E-state index contributed by atoms with van der Waals surface area (Å²) in [5.41, 5.74) is 0.737. The first-order valence-corrected chi connectivity index (χ1v) is 14.3. The smallest absolute Gasteiger partial charge is 0.361 e. The molecule has 1 fully saturated rings. The maximum atomic E-state index is 15.2. The first kappa shape index (κ1) is 26.7. The van der Waals surface area contributed by atoms with Gasteiger partial charge in [-0.05, 0) is 55.2 Å². The number of hydrogen-bond donors (Lipinski definition) is 1. The van der Waals surface area contributed by atoms with Gasteiger partial charge in [0.2, 0.25) is 10.0 Å². The Bertz CT molecular complexity index is 1340. The summed E-state index contributed by atoms with van der Waals surface area (Å²) < 4.78 is 83.2. The Balaban J connectivity index is 1.52. The highest BCUT2D eigenvalue weighted by Gasteiger charge is 2.37. The van der Waals surface area contributed by atoms with Crippen molar-refractivity contribution in [3.8, 4) is 0 Å². The number of fused-ring (bicyclic) bond motifs is 1. The Hall–Kier alpha value is -2.92. The first-order valence-electron chi connectivity index (χ1n) is 12.8. The molecule has 0 amide bonds. The van der Waals surface area contributed by atoms with Crippen molar-refractivity contribution in [3.63, 3.8) is 0 Å². The molecule has 11 heteroatoms. The zero-order valence-corrected chi connectivity index (χ0v) is 21.6. The highest BCUT2D eigenvalue weighted by atomic mass is 32.2. The summed E-state index contributed by atoms with van der Waals surface area (Å²) in [5.74, 6) is 0.0420. The van der Waals surface area contributed by atoms with Gasteiger partial charge in [0.05, 0.1) is 29.0 Å². The molecule has 0 unspecified atom stereocenters. The maximum Gasteiger partial charge on any atom is 0.416 e. The molecule has 0 spiro atoms. The van der Waals surface area contributed by atoms with E-state index in [4.69, 9.17) is 0 Å². The molecule has 0 saturated heterocycles. The van der Waals surface area contributed by atoms with Crippen molar-refractivity contribution in [1.82, 2.24) is 14.3 Å². The van der Waals surface area contributed by atoms with Crippen LogP contribution in [0.1, 0.15) is 55.3 Å². The number of nitrogens with zero attached hydrogens (tertiary/aromatic N) is 3. The minimum Gasteiger partial charge on any atom is -0.361 e. The molecule has 1 aliphatic carbocycles. The van der Waals surface area contributed by atoms with E-state index in [-0.39, 0.29) is 29.6 Å². The molecule has 0 bridgehead atoms. The molecule has 1 aromatic heterocycles. The monoisotopic (exact) mass is 550 g/mol. The number of benzene rings is 2. The second-order valence-corrected chi connectivity index (χ2v) is 12.1. The third-order valence-corrected chi connectivity index (χ3v) is 9.52. The van der Waals surface area contributed by atoms with Crippen LogP contribution in [0.25, 0.3) is 0 Å². The third-order valence-electron chi connectivity index (χ3n) is 7.69. The molecule has 0 radical (unpaired) electrons. The lowest BCUT2D eigenvalue weighted by molar-refractivity contribution is -0.137. The van der Waals surface area contributed by atoms with Gasteiger partial charge in [-0.1, -0.05) is 31.7 Å². The lowest BCUT2D eigenvalue weighted by atomic mass is 9.97. The molecular weight excluding hydrogens is 520 g/mol. The van der Waals surface area contributed by atoms with Gasteiger partial charge in [-0.15, -0.1) is 0 Å². The number of H-pyrrole nitrogens is 1. The summed E-state index contributed by atoms with van der Waals surface area (Å²) in [5, 5.41) is 0. The van der Waals surface area contributed by atoms with Crippen LogP contribution >= 0.6 is 0 Å². The van der Waals surface area contributed by atoms with E-state index in [9.17, 15) is 21.6 Å². The van der Waals surface area contributed by atoms with Crippen LogP contribution in [0.2, 0.25) is 0 Å². The van der Waals surface area contributed by atoms with Crippen LogP contribution in [0, 0.1) is 11.7 Å². The van der Waals surface area contributed by atoms with Crippen LogP contribution in [0.3, 0.4) is 0 Å². The summed E-state index contributed by atoms with van der Waals surface area (Å²) in [4.78, 5) is 8.97. The summed E-state index contributed by atoms with van der Waals surface area (Å²) in [6.07, 6.45) is 4.97. The average Bonchev–Trinajstić information content (AvgIpc) is 3.57. The number of hydrogen-bond acceptors (Lipinski definition) is 4. The SMILES string of the molecule is O=S(=O)(c1ccc(C(F)(F)F)cc1)N1Cc2c(F)cccc2N(Cc2cnc[nH]2)[C@@H](CCC2CCCC2)C1. The average molecular weight is 551 g/mol. The van der Waals surface area contributed by atoms with E-state index in [0.717, 1.165) is 49.2 Å². The van der Waals surface area contributed by atoms with E-state index in [1.807, 2.05) is 4.90 Å². The standard InChI is InChI=1S/C27H30F4N4O2S/c28-25-6-3-7-26-24(25)17-34(38(36,37)23-12-9-20(10-13-23)27(29,30)31)16-22(11-8-19-4-1-2-5-19)35(26)15-21-14-32-18-33-21/h3,6-7,9-10,12-14,18-19,22H,1-2,4-5,8,11,15-17H2,(H,32,33)/t22-/m0/s1. The first-order chi connectivity index (χ1) is 18.1. The zero-order valence-electron chi connectivity index (χ0n) is 20.8. The fraction of sp³-hybridized carbons (Fsp3) is 0.444. The van der Waals surface area contributed by atoms with Crippen LogP contribution in [0.5, 0.6) is 0 Å². The number of alkyl halides is 3. The van der Waals surface area contributed by atoms with Gasteiger partial charge < -0.3 is 9.88 Å². The number of halogens is 4. The van der Waals surface area contributed by atoms with E-state index >= 15 is 4.39 Å². The van der Waals surface area contributed by atoms with Crippen molar-refractivity contribution in [2.45, 2.75) is 68.7 Å². The number of rotatable bonds is 7. The van der Waals surface area contributed by atoms with Gasteiger partial charge in [0.25, 0.3) is 0 Å². The minimum atomic E-state index is -4.58. The molecule has 2 heterocycles. The quantitative estimate of drug-likeness (QED) is 0.360.